The molecule has 3 aromatic rings. The summed E-state index contributed by atoms with van der Waals surface area (Å²) >= 11 is 0. The molecule has 7 nitrogen and oxygen atoms in total. The smallest absolute Gasteiger partial charge is 0.338 e. The molecule has 33 heavy (non-hydrogen) atoms. The second-order valence-corrected chi connectivity index (χ2v) is 9.53. The number of aryl methyl sites for hydroxylation is 1. The zero-order valence-electron chi connectivity index (χ0n) is 17.9. The summed E-state index contributed by atoms with van der Waals surface area (Å²) in [6.45, 7) is 0.320. The van der Waals surface area contributed by atoms with Crippen molar-refractivity contribution < 1.29 is 22.7 Å². The number of ether oxygens (including phenoxy) is 1. The van der Waals surface area contributed by atoms with Crippen molar-refractivity contribution in [1.82, 2.24) is 5.32 Å². The number of benzene rings is 3. The highest BCUT2D eigenvalue weighted by Crippen LogP contribution is 2.31. The first-order valence-electron chi connectivity index (χ1n) is 10.6. The van der Waals surface area contributed by atoms with Gasteiger partial charge in [0.25, 0.3) is 15.9 Å². The van der Waals surface area contributed by atoms with E-state index in [2.05, 4.69) is 5.32 Å². The largest absolute Gasteiger partial charge is 0.452 e. The molecule has 0 saturated heterocycles. The molecule has 8 heteroatoms. The third-order valence-electron chi connectivity index (χ3n) is 5.41. The Labute approximate surface area is 193 Å². The minimum Gasteiger partial charge on any atom is -0.452 e. The van der Waals surface area contributed by atoms with Crippen LogP contribution in [0.15, 0.2) is 83.8 Å². The predicted octanol–water partition coefficient (Wildman–Crippen LogP) is 3.30. The summed E-state index contributed by atoms with van der Waals surface area (Å²) in [6.07, 6.45) is 1.58. The van der Waals surface area contributed by atoms with Crippen LogP contribution in [0.25, 0.3) is 0 Å². The number of rotatable bonds is 7. The molecule has 170 valence electrons. The standard InChI is InChI=1S/C25H24N2O5S/c28-24(26-17-19-7-2-1-3-8-19)18-32-25(29)21-12-14-22(15-13-21)33(30,31)27-16-6-10-20-9-4-5-11-23(20)27/h1-5,7-9,11-15H,6,10,16-18H2,(H,26,28). The summed E-state index contributed by atoms with van der Waals surface area (Å²) in [5, 5.41) is 2.68. The number of carbonyl (C=O) groups excluding carboxylic acids is 2. The number of nitrogens with one attached hydrogen (secondary N) is 1. The number of anilines is 1. The fourth-order valence-corrected chi connectivity index (χ4v) is 5.24. The molecule has 0 unspecified atom stereocenters. The molecule has 0 aliphatic carbocycles. The van der Waals surface area contributed by atoms with Gasteiger partial charge in [-0.3, -0.25) is 9.10 Å². The van der Waals surface area contributed by atoms with Crippen LogP contribution >= 0.6 is 0 Å². The summed E-state index contributed by atoms with van der Waals surface area (Å²) in [4.78, 5) is 24.3. The van der Waals surface area contributed by atoms with E-state index < -0.39 is 28.5 Å². The van der Waals surface area contributed by atoms with Crippen LogP contribution in [0.4, 0.5) is 5.69 Å². The van der Waals surface area contributed by atoms with Gasteiger partial charge in [0.05, 0.1) is 16.1 Å². The molecule has 0 spiro atoms. The highest BCUT2D eigenvalue weighted by Gasteiger charge is 2.29. The molecule has 1 amide bonds. The Bertz CT molecular complexity index is 1240. The topological polar surface area (TPSA) is 92.8 Å². The molecule has 0 radical (unpaired) electrons. The number of amides is 1. The number of esters is 1. The molecule has 1 aliphatic rings. The van der Waals surface area contributed by atoms with Crippen molar-refractivity contribution in [2.24, 2.45) is 0 Å². The number of hydrogen-bond acceptors (Lipinski definition) is 5. The van der Waals surface area contributed by atoms with Crippen molar-refractivity contribution in [2.45, 2.75) is 24.3 Å². The number of nitrogens with zero attached hydrogens (tertiary/aromatic N) is 1. The van der Waals surface area contributed by atoms with Gasteiger partial charge in [0, 0.05) is 13.1 Å². The van der Waals surface area contributed by atoms with Crippen LogP contribution in [0.5, 0.6) is 0 Å². The fraction of sp³-hybridized carbons (Fsp3) is 0.200. The summed E-state index contributed by atoms with van der Waals surface area (Å²) in [7, 11) is -3.76. The molecule has 1 aliphatic heterocycles. The van der Waals surface area contributed by atoms with Crippen molar-refractivity contribution in [3.8, 4) is 0 Å². The lowest BCUT2D eigenvalue weighted by molar-refractivity contribution is -0.124. The van der Waals surface area contributed by atoms with Gasteiger partial charge in [-0.05, 0) is 54.3 Å². The van der Waals surface area contributed by atoms with E-state index in [1.54, 1.807) is 6.07 Å². The van der Waals surface area contributed by atoms with Crippen molar-refractivity contribution in [2.75, 3.05) is 17.5 Å². The minimum atomic E-state index is -3.76. The van der Waals surface area contributed by atoms with Crippen LogP contribution in [0, 0.1) is 0 Å². The molecular formula is C25H24N2O5S. The first-order valence-corrected chi connectivity index (χ1v) is 12.1. The van der Waals surface area contributed by atoms with Crippen molar-refractivity contribution in [1.29, 1.82) is 0 Å². The summed E-state index contributed by atoms with van der Waals surface area (Å²) in [5.41, 5.74) is 2.79. The Hall–Kier alpha value is -3.65. The molecule has 1 heterocycles. The van der Waals surface area contributed by atoms with E-state index >= 15 is 0 Å². The number of para-hydroxylation sites is 1. The van der Waals surface area contributed by atoms with Crippen molar-refractivity contribution in [3.63, 3.8) is 0 Å². The van der Waals surface area contributed by atoms with Gasteiger partial charge in [-0.1, -0.05) is 48.5 Å². The van der Waals surface area contributed by atoms with Gasteiger partial charge in [-0.2, -0.15) is 0 Å². The first kappa shape index (κ1) is 22.5. The molecule has 4 rings (SSSR count). The number of sulfonamides is 1. The Morgan fingerprint density at radius 1 is 0.909 bits per heavy atom. The number of fused-ring (bicyclic) bond motifs is 1. The van der Waals surface area contributed by atoms with Gasteiger partial charge in [0.1, 0.15) is 0 Å². The lowest BCUT2D eigenvalue weighted by atomic mass is 10.0. The van der Waals surface area contributed by atoms with Gasteiger partial charge < -0.3 is 10.1 Å². The van der Waals surface area contributed by atoms with Gasteiger partial charge in [0.15, 0.2) is 6.61 Å². The first-order chi connectivity index (χ1) is 15.9. The van der Waals surface area contributed by atoms with Crippen molar-refractivity contribution >= 4 is 27.6 Å². The highest BCUT2D eigenvalue weighted by atomic mass is 32.2. The van der Waals surface area contributed by atoms with Crippen molar-refractivity contribution in [3.05, 3.63) is 95.6 Å². The monoisotopic (exact) mass is 464 g/mol. The minimum absolute atomic E-state index is 0.0938. The lowest BCUT2D eigenvalue weighted by Crippen LogP contribution is -2.35. The zero-order valence-corrected chi connectivity index (χ0v) is 18.8. The van der Waals surface area contributed by atoms with Gasteiger partial charge in [0.2, 0.25) is 0 Å². The zero-order chi connectivity index (χ0) is 23.3. The molecule has 0 saturated carbocycles. The van der Waals surface area contributed by atoms with E-state index in [1.807, 2.05) is 48.5 Å². The van der Waals surface area contributed by atoms with Gasteiger partial charge >= 0.3 is 5.97 Å². The molecule has 0 bridgehead atoms. The van der Waals surface area contributed by atoms with Crippen LogP contribution in [0.1, 0.15) is 27.9 Å². The van der Waals surface area contributed by atoms with E-state index in [1.165, 1.54) is 28.6 Å². The Kier molecular flexibility index (Phi) is 6.74. The second kappa shape index (κ2) is 9.87. The van der Waals surface area contributed by atoms with E-state index in [0.29, 0.717) is 18.8 Å². The Morgan fingerprint density at radius 3 is 2.36 bits per heavy atom. The summed E-state index contributed by atoms with van der Waals surface area (Å²) < 4.78 is 32.9. The quantitative estimate of drug-likeness (QED) is 0.542. The molecular weight excluding hydrogens is 440 g/mol. The molecule has 1 N–H and O–H groups in total. The molecule has 0 aromatic heterocycles. The third-order valence-corrected chi connectivity index (χ3v) is 7.24. The van der Waals surface area contributed by atoms with Gasteiger partial charge in [-0.15, -0.1) is 0 Å². The van der Waals surface area contributed by atoms with E-state index in [9.17, 15) is 18.0 Å². The Balaban J connectivity index is 1.37. The fourth-order valence-electron chi connectivity index (χ4n) is 3.70. The molecule has 3 aromatic carbocycles. The van der Waals surface area contributed by atoms with E-state index in [0.717, 1.165) is 24.0 Å². The van der Waals surface area contributed by atoms with E-state index in [4.69, 9.17) is 4.74 Å². The second-order valence-electron chi connectivity index (χ2n) is 7.67. The van der Waals surface area contributed by atoms with Crippen LogP contribution < -0.4 is 9.62 Å². The predicted molar refractivity (Wildman–Crippen MR) is 124 cm³/mol. The average molecular weight is 465 g/mol. The normalized spacial score (nSPS) is 13.2. The SMILES string of the molecule is O=C(COC(=O)c1ccc(S(=O)(=O)N2CCCc3ccccc32)cc1)NCc1ccccc1. The van der Waals surface area contributed by atoms with Crippen LogP contribution in [0.3, 0.4) is 0 Å². The van der Waals surface area contributed by atoms with Crippen LogP contribution in [0.2, 0.25) is 0 Å². The lowest BCUT2D eigenvalue weighted by Gasteiger charge is -2.30. The van der Waals surface area contributed by atoms with Crippen LogP contribution in [-0.4, -0.2) is 33.4 Å². The van der Waals surface area contributed by atoms with Gasteiger partial charge in [-0.25, -0.2) is 13.2 Å². The Morgan fingerprint density at radius 2 is 1.61 bits per heavy atom. The average Bonchev–Trinajstić information content (AvgIpc) is 2.86. The molecule has 0 fully saturated rings. The van der Waals surface area contributed by atoms with E-state index in [-0.39, 0.29) is 10.5 Å². The maximum absolute atomic E-state index is 13.2. The number of hydrogen-bond donors (Lipinski definition) is 1. The van der Waals surface area contributed by atoms with Crippen LogP contribution in [-0.2, 0) is 32.5 Å². The number of carbonyl (C=O) groups is 2. The third kappa shape index (κ3) is 5.23. The molecule has 0 atom stereocenters. The summed E-state index contributed by atoms with van der Waals surface area (Å²) in [5.74, 6) is -1.12. The maximum atomic E-state index is 13.2. The maximum Gasteiger partial charge on any atom is 0.338 e. The highest BCUT2D eigenvalue weighted by molar-refractivity contribution is 7.92. The summed E-state index contributed by atoms with van der Waals surface area (Å²) in [6, 6.07) is 22.4.